The Labute approximate surface area is 151 Å². The van der Waals surface area contributed by atoms with E-state index in [0.717, 1.165) is 29.4 Å². The van der Waals surface area contributed by atoms with Crippen LogP contribution < -0.4 is 0 Å². The third-order valence-corrected chi connectivity index (χ3v) is 5.73. The monoisotopic (exact) mass is 360 g/mol. The zero-order valence-electron chi connectivity index (χ0n) is 14.6. The summed E-state index contributed by atoms with van der Waals surface area (Å²) in [6, 6.07) is 2.21. The van der Waals surface area contributed by atoms with E-state index in [4.69, 9.17) is 4.74 Å². The molecule has 1 aliphatic carbocycles. The van der Waals surface area contributed by atoms with Crippen molar-refractivity contribution >= 4 is 17.2 Å². The molecule has 0 N–H and O–H groups in total. The van der Waals surface area contributed by atoms with Crippen molar-refractivity contribution in [1.82, 2.24) is 19.7 Å². The van der Waals surface area contributed by atoms with Gasteiger partial charge in [-0.3, -0.25) is 9.48 Å². The number of fused-ring (bicyclic) bond motifs is 1. The molecule has 3 heterocycles. The molecule has 0 radical (unpaired) electrons. The average Bonchev–Trinajstić information content (AvgIpc) is 3.11. The van der Waals surface area contributed by atoms with Crippen molar-refractivity contribution in [1.29, 1.82) is 0 Å². The molecular weight excluding hydrogens is 336 g/mol. The van der Waals surface area contributed by atoms with Crippen LogP contribution in [-0.2, 0) is 22.7 Å². The number of ether oxygens (including phenoxy) is 1. The van der Waals surface area contributed by atoms with Crippen LogP contribution in [0.1, 0.15) is 48.1 Å². The molecule has 0 spiro atoms. The van der Waals surface area contributed by atoms with Crippen LogP contribution >= 0.6 is 11.3 Å². The second-order valence-corrected chi connectivity index (χ2v) is 8.10. The normalized spacial score (nSPS) is 19.9. The number of aromatic nitrogens is 3. The zero-order chi connectivity index (χ0) is 17.2. The molecule has 1 fully saturated rings. The summed E-state index contributed by atoms with van der Waals surface area (Å²) in [6.07, 6.45) is 5.82. The predicted molar refractivity (Wildman–Crippen MR) is 95.1 cm³/mol. The fraction of sp³-hybridized carbons (Fsp3) is 0.611. The van der Waals surface area contributed by atoms with Gasteiger partial charge in [-0.2, -0.15) is 5.10 Å². The third-order valence-electron chi connectivity index (χ3n) is 4.91. The molecule has 2 aromatic heterocycles. The smallest absolute Gasteiger partial charge is 0.223 e. The minimum atomic E-state index is 0.194. The lowest BCUT2D eigenvalue weighted by atomic mass is 10.1. The van der Waals surface area contributed by atoms with E-state index in [-0.39, 0.29) is 6.04 Å². The highest BCUT2D eigenvalue weighted by Crippen LogP contribution is 2.34. The Balaban J connectivity index is 1.32. The van der Waals surface area contributed by atoms with Crippen LogP contribution in [0.4, 0.5) is 0 Å². The van der Waals surface area contributed by atoms with Gasteiger partial charge >= 0.3 is 0 Å². The van der Waals surface area contributed by atoms with Crippen LogP contribution in [0.15, 0.2) is 17.6 Å². The first-order chi connectivity index (χ1) is 12.2. The minimum absolute atomic E-state index is 0.194. The SMILES string of the molecule is Cc1nc(COCC[C@@H]2CN(C(=O)CC3CC3)Cc3ccnn32)cs1. The van der Waals surface area contributed by atoms with Gasteiger partial charge in [-0.05, 0) is 38.2 Å². The molecule has 2 aliphatic rings. The summed E-state index contributed by atoms with van der Waals surface area (Å²) >= 11 is 1.65. The van der Waals surface area contributed by atoms with Gasteiger partial charge in [0.15, 0.2) is 0 Å². The van der Waals surface area contributed by atoms with E-state index in [1.807, 2.05) is 29.5 Å². The van der Waals surface area contributed by atoms with Crippen molar-refractivity contribution in [3.63, 3.8) is 0 Å². The maximum atomic E-state index is 12.5. The second kappa shape index (κ2) is 7.25. The number of nitrogens with zero attached hydrogens (tertiary/aromatic N) is 4. The topological polar surface area (TPSA) is 60.2 Å². The fourth-order valence-electron chi connectivity index (χ4n) is 3.36. The van der Waals surface area contributed by atoms with E-state index < -0.39 is 0 Å². The van der Waals surface area contributed by atoms with Crippen molar-refractivity contribution in [3.05, 3.63) is 34.0 Å². The predicted octanol–water partition coefficient (Wildman–Crippen LogP) is 2.94. The summed E-state index contributed by atoms with van der Waals surface area (Å²) in [6.45, 7) is 4.61. The van der Waals surface area contributed by atoms with Crippen LogP contribution in [0, 0.1) is 12.8 Å². The number of rotatable bonds is 7. The molecule has 0 saturated heterocycles. The Bertz CT molecular complexity index is 737. The first-order valence-electron chi connectivity index (χ1n) is 8.98. The average molecular weight is 360 g/mol. The standard InChI is InChI=1S/C18H24N4O2S/c1-13-20-15(12-25-13)11-24-7-5-17-10-21(18(23)8-14-2-3-14)9-16-4-6-19-22(16)17/h4,6,12,14,17H,2-3,5,7-11H2,1H3/t17-/m1/s1. The number of hydrogen-bond donors (Lipinski definition) is 0. The van der Waals surface area contributed by atoms with E-state index in [1.165, 1.54) is 12.8 Å². The maximum Gasteiger partial charge on any atom is 0.223 e. The van der Waals surface area contributed by atoms with E-state index in [1.54, 1.807) is 11.3 Å². The summed E-state index contributed by atoms with van der Waals surface area (Å²) in [4.78, 5) is 18.9. The quantitative estimate of drug-likeness (QED) is 0.712. The zero-order valence-corrected chi connectivity index (χ0v) is 15.4. The Kier molecular flexibility index (Phi) is 4.85. The number of aryl methyl sites for hydroxylation is 1. The molecule has 6 nitrogen and oxygen atoms in total. The lowest BCUT2D eigenvalue weighted by Crippen LogP contribution is -2.41. The van der Waals surface area contributed by atoms with Crippen LogP contribution in [0.2, 0.25) is 0 Å². The number of thiazole rings is 1. The van der Waals surface area contributed by atoms with E-state index in [2.05, 4.69) is 14.8 Å². The molecule has 1 aliphatic heterocycles. The maximum absolute atomic E-state index is 12.5. The number of amides is 1. The van der Waals surface area contributed by atoms with Crippen LogP contribution in [0.25, 0.3) is 0 Å². The number of hydrogen-bond acceptors (Lipinski definition) is 5. The highest BCUT2D eigenvalue weighted by Gasteiger charge is 2.31. The Morgan fingerprint density at radius 1 is 1.44 bits per heavy atom. The van der Waals surface area contributed by atoms with Crippen molar-refractivity contribution in [2.24, 2.45) is 5.92 Å². The summed E-state index contributed by atoms with van der Waals surface area (Å²) in [7, 11) is 0. The molecule has 0 aromatic carbocycles. The van der Waals surface area contributed by atoms with Crippen molar-refractivity contribution in [3.8, 4) is 0 Å². The number of carbonyl (C=O) groups excluding carboxylic acids is 1. The lowest BCUT2D eigenvalue weighted by Gasteiger charge is -2.34. The Morgan fingerprint density at radius 2 is 2.32 bits per heavy atom. The molecule has 0 unspecified atom stereocenters. The van der Waals surface area contributed by atoms with Crippen molar-refractivity contribution < 1.29 is 9.53 Å². The molecule has 1 atom stereocenters. The molecule has 1 amide bonds. The van der Waals surface area contributed by atoms with E-state index in [0.29, 0.717) is 38.0 Å². The lowest BCUT2D eigenvalue weighted by molar-refractivity contribution is -0.133. The summed E-state index contributed by atoms with van der Waals surface area (Å²) in [5.41, 5.74) is 2.11. The van der Waals surface area contributed by atoms with Gasteiger partial charge in [0.05, 0.1) is 35.6 Å². The van der Waals surface area contributed by atoms with Gasteiger partial charge in [-0.15, -0.1) is 11.3 Å². The molecular formula is C18H24N4O2S. The second-order valence-electron chi connectivity index (χ2n) is 7.04. The Morgan fingerprint density at radius 3 is 3.08 bits per heavy atom. The van der Waals surface area contributed by atoms with Crippen LogP contribution in [0.5, 0.6) is 0 Å². The minimum Gasteiger partial charge on any atom is -0.375 e. The first kappa shape index (κ1) is 16.7. The Hall–Kier alpha value is -1.73. The first-order valence-corrected chi connectivity index (χ1v) is 9.86. The molecule has 25 heavy (non-hydrogen) atoms. The largest absolute Gasteiger partial charge is 0.375 e. The molecule has 1 saturated carbocycles. The van der Waals surface area contributed by atoms with Gasteiger partial charge in [-0.1, -0.05) is 0 Å². The summed E-state index contributed by atoms with van der Waals surface area (Å²) < 4.78 is 7.86. The van der Waals surface area contributed by atoms with Gasteiger partial charge in [-0.25, -0.2) is 4.98 Å². The summed E-state index contributed by atoms with van der Waals surface area (Å²) in [5, 5.41) is 7.57. The van der Waals surface area contributed by atoms with E-state index >= 15 is 0 Å². The highest BCUT2D eigenvalue weighted by atomic mass is 32.1. The van der Waals surface area contributed by atoms with Gasteiger partial charge in [0, 0.05) is 31.1 Å². The molecule has 7 heteroatoms. The molecule has 4 rings (SSSR count). The molecule has 2 aromatic rings. The molecule has 0 bridgehead atoms. The van der Waals surface area contributed by atoms with Crippen molar-refractivity contribution in [2.75, 3.05) is 13.2 Å². The van der Waals surface area contributed by atoms with Gasteiger partial charge in [0.1, 0.15) is 0 Å². The third kappa shape index (κ3) is 4.10. The molecule has 134 valence electrons. The fourth-order valence-corrected chi connectivity index (χ4v) is 3.96. The van der Waals surface area contributed by atoms with E-state index in [9.17, 15) is 4.79 Å². The van der Waals surface area contributed by atoms with Gasteiger partial charge < -0.3 is 9.64 Å². The van der Waals surface area contributed by atoms with Gasteiger partial charge in [0.25, 0.3) is 0 Å². The number of carbonyl (C=O) groups is 1. The summed E-state index contributed by atoms with van der Waals surface area (Å²) in [5.74, 6) is 0.918. The van der Waals surface area contributed by atoms with Gasteiger partial charge in [0.2, 0.25) is 5.91 Å². The van der Waals surface area contributed by atoms with Crippen LogP contribution in [-0.4, -0.2) is 38.7 Å². The highest BCUT2D eigenvalue weighted by molar-refractivity contribution is 7.09. The van der Waals surface area contributed by atoms with Crippen molar-refractivity contribution in [2.45, 2.75) is 51.8 Å². The van der Waals surface area contributed by atoms with Crippen LogP contribution in [0.3, 0.4) is 0 Å².